The Kier molecular flexibility index (Phi) is 2.97. The number of nitrogens with zero attached hydrogens (tertiary/aromatic N) is 1. The minimum Gasteiger partial charge on any atom is -0.453 e. The summed E-state index contributed by atoms with van der Waals surface area (Å²) in [6.07, 6.45) is 1.09. The molecule has 1 atom stereocenters. The highest BCUT2D eigenvalue weighted by atomic mass is 79.9. The first kappa shape index (κ1) is 11.2. The molecule has 2 rings (SSSR count). The lowest BCUT2D eigenvalue weighted by atomic mass is 9.92. The van der Waals surface area contributed by atoms with E-state index in [1.807, 2.05) is 12.1 Å². The largest absolute Gasteiger partial charge is 0.453 e. The average Bonchev–Trinajstić information content (AvgIpc) is 2.72. The number of esters is 1. The molecule has 0 aromatic heterocycles. The number of carbonyl (C=O) groups is 1. The van der Waals surface area contributed by atoms with Gasteiger partial charge in [-0.15, -0.1) is 0 Å². The maximum absolute atomic E-state index is 11.2. The molecule has 1 aliphatic heterocycles. The summed E-state index contributed by atoms with van der Waals surface area (Å²) in [6, 6.07) is 9.30. The van der Waals surface area contributed by atoms with E-state index in [0.29, 0.717) is 23.7 Å². The number of halogens is 1. The lowest BCUT2D eigenvalue weighted by Crippen LogP contribution is -2.27. The first-order valence-electron chi connectivity index (χ1n) is 4.99. The highest BCUT2D eigenvalue weighted by Gasteiger charge is 2.41. The molecule has 0 radical (unpaired) electrons. The van der Waals surface area contributed by atoms with Gasteiger partial charge < -0.3 is 4.74 Å². The van der Waals surface area contributed by atoms with Gasteiger partial charge in [0.05, 0.1) is 11.6 Å². The smallest absolute Gasteiger partial charge is 0.306 e. The molecule has 1 aliphatic rings. The van der Waals surface area contributed by atoms with Crippen LogP contribution in [0.2, 0.25) is 0 Å². The number of ether oxygens (including phenoxy) is 1. The molecular formula is C12H10BrNO2. The summed E-state index contributed by atoms with van der Waals surface area (Å²) in [7, 11) is 0. The van der Waals surface area contributed by atoms with Crippen molar-refractivity contribution in [3.8, 4) is 6.07 Å². The van der Waals surface area contributed by atoms with Gasteiger partial charge in [0.1, 0.15) is 5.60 Å². The zero-order chi connectivity index (χ0) is 11.6. The maximum atomic E-state index is 11.2. The van der Waals surface area contributed by atoms with Gasteiger partial charge in [-0.25, -0.2) is 0 Å². The Hall–Kier alpha value is -1.34. The summed E-state index contributed by atoms with van der Waals surface area (Å²) in [5.74, 6) is -0.179. The van der Waals surface area contributed by atoms with E-state index < -0.39 is 5.60 Å². The molecule has 82 valence electrons. The second kappa shape index (κ2) is 4.26. The molecule has 0 unspecified atom stereocenters. The molecule has 4 heteroatoms. The highest BCUT2D eigenvalue weighted by Crippen LogP contribution is 2.38. The first-order valence-corrected chi connectivity index (χ1v) is 6.11. The van der Waals surface area contributed by atoms with E-state index in [1.54, 1.807) is 12.1 Å². The molecule has 0 amide bonds. The number of rotatable bonds is 2. The lowest BCUT2D eigenvalue weighted by molar-refractivity contribution is -0.147. The van der Waals surface area contributed by atoms with Crippen molar-refractivity contribution in [3.05, 3.63) is 35.4 Å². The molecule has 0 aliphatic carbocycles. The summed E-state index contributed by atoms with van der Waals surface area (Å²) < 4.78 is 5.39. The first-order chi connectivity index (χ1) is 7.70. The minimum absolute atomic E-state index is 0.179. The van der Waals surface area contributed by atoms with Crippen molar-refractivity contribution >= 4 is 21.9 Å². The molecule has 0 saturated carbocycles. The fraction of sp³-hybridized carbons (Fsp3) is 0.333. The predicted molar refractivity (Wildman–Crippen MR) is 62.0 cm³/mol. The van der Waals surface area contributed by atoms with Crippen molar-refractivity contribution in [2.45, 2.75) is 18.4 Å². The molecule has 1 heterocycles. The van der Waals surface area contributed by atoms with Crippen LogP contribution in [0.5, 0.6) is 0 Å². The van der Waals surface area contributed by atoms with Gasteiger partial charge in [0.2, 0.25) is 0 Å². The van der Waals surface area contributed by atoms with Crippen molar-refractivity contribution in [2.75, 3.05) is 5.33 Å². The Morgan fingerprint density at radius 2 is 2.38 bits per heavy atom. The summed E-state index contributed by atoms with van der Waals surface area (Å²) in [5.41, 5.74) is 0.874. The Morgan fingerprint density at radius 1 is 1.56 bits per heavy atom. The number of benzene rings is 1. The van der Waals surface area contributed by atoms with E-state index in [0.717, 1.165) is 5.56 Å². The van der Waals surface area contributed by atoms with E-state index in [4.69, 9.17) is 10.00 Å². The van der Waals surface area contributed by atoms with Crippen LogP contribution >= 0.6 is 15.9 Å². The second-order valence-electron chi connectivity index (χ2n) is 3.79. The van der Waals surface area contributed by atoms with Gasteiger partial charge >= 0.3 is 5.97 Å². The molecule has 1 aromatic rings. The van der Waals surface area contributed by atoms with Gasteiger partial charge in [0.25, 0.3) is 0 Å². The molecule has 1 fully saturated rings. The summed E-state index contributed by atoms with van der Waals surface area (Å²) >= 11 is 3.38. The highest BCUT2D eigenvalue weighted by molar-refractivity contribution is 9.09. The van der Waals surface area contributed by atoms with Crippen LogP contribution in [-0.2, 0) is 15.1 Å². The molecule has 1 saturated heterocycles. The fourth-order valence-corrected chi connectivity index (χ4v) is 2.59. The standard InChI is InChI=1S/C12H10BrNO2/c13-8-12(5-4-11(15)16-12)10-3-1-2-9(6-10)7-14/h1-3,6H,4-5,8H2/t12-/m1/s1. The van der Waals surface area contributed by atoms with Crippen LogP contribution in [0.15, 0.2) is 24.3 Å². The van der Waals surface area contributed by atoms with Crippen LogP contribution in [0.4, 0.5) is 0 Å². The van der Waals surface area contributed by atoms with Crippen LogP contribution in [0, 0.1) is 11.3 Å². The predicted octanol–water partition coefficient (Wildman–Crippen LogP) is 2.49. The second-order valence-corrected chi connectivity index (χ2v) is 4.36. The average molecular weight is 280 g/mol. The summed E-state index contributed by atoms with van der Waals surface area (Å²) in [4.78, 5) is 11.2. The lowest BCUT2D eigenvalue weighted by Gasteiger charge is -2.25. The third-order valence-corrected chi connectivity index (χ3v) is 3.68. The van der Waals surface area contributed by atoms with Gasteiger partial charge in [0.15, 0.2) is 0 Å². The van der Waals surface area contributed by atoms with Gasteiger partial charge in [-0.3, -0.25) is 4.79 Å². The third-order valence-electron chi connectivity index (χ3n) is 2.78. The Bertz CT molecular complexity index is 466. The van der Waals surface area contributed by atoms with E-state index in [1.165, 1.54) is 0 Å². The zero-order valence-electron chi connectivity index (χ0n) is 8.57. The van der Waals surface area contributed by atoms with Crippen LogP contribution in [-0.4, -0.2) is 11.3 Å². The number of nitriles is 1. The molecular weight excluding hydrogens is 270 g/mol. The molecule has 1 aromatic carbocycles. The number of carbonyl (C=O) groups excluding carboxylic acids is 1. The van der Waals surface area contributed by atoms with Crippen molar-refractivity contribution in [1.29, 1.82) is 5.26 Å². The summed E-state index contributed by atoms with van der Waals surface area (Å²) in [6.45, 7) is 0. The summed E-state index contributed by atoms with van der Waals surface area (Å²) in [5, 5.41) is 9.40. The normalized spacial score (nSPS) is 23.9. The number of hydrogen-bond donors (Lipinski definition) is 0. The number of alkyl halides is 1. The van der Waals surface area contributed by atoms with Gasteiger partial charge in [-0.05, 0) is 17.7 Å². The van der Waals surface area contributed by atoms with Crippen LogP contribution in [0.25, 0.3) is 0 Å². The van der Waals surface area contributed by atoms with Crippen LogP contribution < -0.4 is 0 Å². The van der Waals surface area contributed by atoms with Gasteiger partial charge in [-0.2, -0.15) is 5.26 Å². The van der Waals surface area contributed by atoms with Crippen LogP contribution in [0.3, 0.4) is 0 Å². The monoisotopic (exact) mass is 279 g/mol. The van der Waals surface area contributed by atoms with Crippen molar-refractivity contribution in [2.24, 2.45) is 0 Å². The van der Waals surface area contributed by atoms with E-state index in [9.17, 15) is 4.79 Å². The van der Waals surface area contributed by atoms with Gasteiger partial charge in [0, 0.05) is 18.2 Å². The molecule has 0 N–H and O–H groups in total. The van der Waals surface area contributed by atoms with Crippen molar-refractivity contribution in [3.63, 3.8) is 0 Å². The topological polar surface area (TPSA) is 50.1 Å². The molecule has 0 bridgehead atoms. The molecule has 3 nitrogen and oxygen atoms in total. The fourth-order valence-electron chi connectivity index (χ4n) is 1.87. The van der Waals surface area contributed by atoms with E-state index >= 15 is 0 Å². The van der Waals surface area contributed by atoms with Crippen molar-refractivity contribution in [1.82, 2.24) is 0 Å². The van der Waals surface area contributed by atoms with Crippen molar-refractivity contribution < 1.29 is 9.53 Å². The van der Waals surface area contributed by atoms with Crippen LogP contribution in [0.1, 0.15) is 24.0 Å². The quantitative estimate of drug-likeness (QED) is 0.617. The minimum atomic E-state index is -0.593. The van der Waals surface area contributed by atoms with E-state index in [-0.39, 0.29) is 5.97 Å². The number of hydrogen-bond acceptors (Lipinski definition) is 3. The Labute approximate surface area is 102 Å². The maximum Gasteiger partial charge on any atom is 0.306 e. The Balaban J connectivity index is 2.41. The number of cyclic esters (lactones) is 1. The SMILES string of the molecule is N#Cc1cccc([C@]2(CBr)CCC(=O)O2)c1. The van der Waals surface area contributed by atoms with E-state index in [2.05, 4.69) is 22.0 Å². The molecule has 0 spiro atoms. The third kappa shape index (κ3) is 1.83. The molecule has 16 heavy (non-hydrogen) atoms. The zero-order valence-corrected chi connectivity index (χ0v) is 10.2. The van der Waals surface area contributed by atoms with Gasteiger partial charge in [-0.1, -0.05) is 28.1 Å². The Morgan fingerprint density at radius 3 is 2.94 bits per heavy atom.